The molecule has 10 nitrogen and oxygen atoms in total. The highest BCUT2D eigenvalue weighted by molar-refractivity contribution is 6.09. The lowest BCUT2D eigenvalue weighted by Gasteiger charge is -2.11. The molecule has 0 unspecified atom stereocenters. The first-order chi connectivity index (χ1) is 15.1. The van der Waals surface area contributed by atoms with E-state index in [0.29, 0.717) is 28.7 Å². The van der Waals surface area contributed by atoms with Crippen LogP contribution in [0.1, 0.15) is 47.3 Å². The lowest BCUT2D eigenvalue weighted by Crippen LogP contribution is -2.24. The summed E-state index contributed by atoms with van der Waals surface area (Å²) in [4.78, 5) is 25.3. The first kappa shape index (κ1) is 23.0. The van der Waals surface area contributed by atoms with E-state index < -0.39 is 42.6 Å². The van der Waals surface area contributed by atoms with Gasteiger partial charge in [0.05, 0.1) is 29.5 Å². The SMILES string of the molecule is CCn1ncc(NC(=O)Cn2nc(C(F)F)cc2C(F)F)c1C(=O)Nc1cnn(C)c1C. The van der Waals surface area contributed by atoms with Gasteiger partial charge in [-0.25, -0.2) is 17.6 Å². The molecule has 3 heterocycles. The molecule has 0 saturated carbocycles. The van der Waals surface area contributed by atoms with Crippen LogP contribution >= 0.6 is 0 Å². The maximum absolute atomic E-state index is 13.1. The molecule has 2 N–H and O–H groups in total. The monoisotopic (exact) mass is 456 g/mol. The summed E-state index contributed by atoms with van der Waals surface area (Å²) in [5, 5.41) is 16.5. The fourth-order valence-corrected chi connectivity index (χ4v) is 2.95. The van der Waals surface area contributed by atoms with Gasteiger partial charge in [0.15, 0.2) is 0 Å². The van der Waals surface area contributed by atoms with Crippen LogP contribution in [0.3, 0.4) is 0 Å². The number of rotatable bonds is 8. The molecule has 0 radical (unpaired) electrons. The number of carbonyl (C=O) groups is 2. The number of hydrogen-bond donors (Lipinski definition) is 2. The third-order valence-electron chi connectivity index (χ3n) is 4.68. The van der Waals surface area contributed by atoms with Crippen LogP contribution in [0, 0.1) is 6.92 Å². The van der Waals surface area contributed by atoms with E-state index in [9.17, 15) is 27.2 Å². The molecule has 0 aliphatic rings. The minimum absolute atomic E-state index is 0.0203. The van der Waals surface area contributed by atoms with Crippen molar-refractivity contribution in [2.24, 2.45) is 7.05 Å². The molecule has 14 heteroatoms. The van der Waals surface area contributed by atoms with E-state index in [2.05, 4.69) is 25.9 Å². The van der Waals surface area contributed by atoms with Crippen molar-refractivity contribution in [1.29, 1.82) is 0 Å². The first-order valence-corrected chi connectivity index (χ1v) is 9.41. The van der Waals surface area contributed by atoms with Crippen molar-refractivity contribution in [3.05, 3.63) is 41.2 Å². The molecule has 0 bridgehead atoms. The van der Waals surface area contributed by atoms with Crippen LogP contribution in [-0.2, 0) is 24.9 Å². The molecule has 0 spiro atoms. The van der Waals surface area contributed by atoms with Crippen LogP contribution in [0.15, 0.2) is 18.5 Å². The van der Waals surface area contributed by atoms with E-state index in [0.717, 1.165) is 0 Å². The molecule has 172 valence electrons. The van der Waals surface area contributed by atoms with Gasteiger partial charge in [-0.1, -0.05) is 0 Å². The van der Waals surface area contributed by atoms with E-state index in [4.69, 9.17) is 0 Å². The summed E-state index contributed by atoms with van der Waals surface area (Å²) < 4.78 is 55.3. The summed E-state index contributed by atoms with van der Waals surface area (Å²) in [6.45, 7) is 3.03. The molecule has 0 atom stereocenters. The molecular formula is C18H20F4N8O2. The van der Waals surface area contributed by atoms with Gasteiger partial charge in [0.25, 0.3) is 18.8 Å². The predicted octanol–water partition coefficient (Wildman–Crippen LogP) is 2.91. The highest BCUT2D eigenvalue weighted by Crippen LogP contribution is 2.25. The molecule has 0 aromatic carbocycles. The Hall–Kier alpha value is -3.71. The highest BCUT2D eigenvalue weighted by Gasteiger charge is 2.24. The number of halogens is 4. The van der Waals surface area contributed by atoms with Crippen LogP contribution in [0.25, 0.3) is 0 Å². The molecule has 0 aliphatic heterocycles. The van der Waals surface area contributed by atoms with Crippen LogP contribution in [0.5, 0.6) is 0 Å². The molecule has 3 aromatic rings. The lowest BCUT2D eigenvalue weighted by molar-refractivity contribution is -0.117. The van der Waals surface area contributed by atoms with Gasteiger partial charge < -0.3 is 10.6 Å². The molecule has 3 aromatic heterocycles. The zero-order chi connectivity index (χ0) is 23.6. The van der Waals surface area contributed by atoms with Crippen LogP contribution < -0.4 is 10.6 Å². The number of carbonyl (C=O) groups excluding carboxylic acids is 2. The van der Waals surface area contributed by atoms with Gasteiger partial charge in [-0.15, -0.1) is 0 Å². The van der Waals surface area contributed by atoms with E-state index in [1.165, 1.54) is 17.1 Å². The number of hydrogen-bond acceptors (Lipinski definition) is 5. The van der Waals surface area contributed by atoms with E-state index in [1.807, 2.05) is 0 Å². The Morgan fingerprint density at radius 3 is 2.28 bits per heavy atom. The Balaban J connectivity index is 1.81. The minimum Gasteiger partial charge on any atom is -0.321 e. The number of aromatic nitrogens is 6. The number of aryl methyl sites for hydroxylation is 2. The normalized spacial score (nSPS) is 11.4. The van der Waals surface area contributed by atoms with Crippen LogP contribution in [0.4, 0.5) is 28.9 Å². The largest absolute Gasteiger partial charge is 0.321 e. The fourth-order valence-electron chi connectivity index (χ4n) is 2.95. The third-order valence-corrected chi connectivity index (χ3v) is 4.68. The highest BCUT2D eigenvalue weighted by atomic mass is 19.3. The zero-order valence-electron chi connectivity index (χ0n) is 17.3. The second-order valence-corrected chi connectivity index (χ2v) is 6.75. The van der Waals surface area contributed by atoms with Crippen molar-refractivity contribution in [1.82, 2.24) is 29.3 Å². The Labute approximate surface area is 179 Å². The van der Waals surface area contributed by atoms with Crippen LogP contribution in [0.2, 0.25) is 0 Å². The molecule has 2 amide bonds. The smallest absolute Gasteiger partial charge is 0.282 e. The molecule has 0 fully saturated rings. The van der Waals surface area contributed by atoms with Crippen molar-refractivity contribution in [3.8, 4) is 0 Å². The number of anilines is 2. The molecular weight excluding hydrogens is 436 g/mol. The summed E-state index contributed by atoms with van der Waals surface area (Å²) in [6.07, 6.45) is -3.48. The van der Waals surface area contributed by atoms with E-state index in [-0.39, 0.29) is 11.4 Å². The van der Waals surface area contributed by atoms with Gasteiger partial charge in [0, 0.05) is 13.6 Å². The standard InChI is InChI=1S/C18H20F4N8O2/c1-4-29-15(18(32)26-11-6-23-28(3)9(11)2)12(7-24-29)25-14(31)8-30-13(17(21)22)5-10(27-30)16(19)20/h5-7,16-17H,4,8H2,1-3H3,(H,25,31)(H,26,32). The van der Waals surface area contributed by atoms with Gasteiger partial charge in [-0.2, -0.15) is 15.3 Å². The predicted molar refractivity (Wildman–Crippen MR) is 105 cm³/mol. The lowest BCUT2D eigenvalue weighted by atomic mass is 10.3. The Bertz CT molecular complexity index is 1130. The second-order valence-electron chi connectivity index (χ2n) is 6.75. The van der Waals surface area contributed by atoms with Gasteiger partial charge in [-0.05, 0) is 19.9 Å². The number of nitrogens with zero attached hydrogens (tertiary/aromatic N) is 6. The summed E-state index contributed by atoms with van der Waals surface area (Å²) in [6, 6.07) is 0.548. The zero-order valence-corrected chi connectivity index (χ0v) is 17.3. The third kappa shape index (κ3) is 4.63. The van der Waals surface area contributed by atoms with Crippen LogP contribution in [-0.4, -0.2) is 41.2 Å². The second kappa shape index (κ2) is 9.20. The molecule has 3 rings (SSSR count). The Morgan fingerprint density at radius 1 is 1.03 bits per heavy atom. The van der Waals surface area contributed by atoms with Gasteiger partial charge >= 0.3 is 0 Å². The minimum atomic E-state index is -3.10. The Morgan fingerprint density at radius 2 is 1.72 bits per heavy atom. The Kier molecular flexibility index (Phi) is 6.60. The topological polar surface area (TPSA) is 112 Å². The first-order valence-electron chi connectivity index (χ1n) is 9.41. The van der Waals surface area contributed by atoms with Crippen molar-refractivity contribution in [3.63, 3.8) is 0 Å². The number of amides is 2. The van der Waals surface area contributed by atoms with Gasteiger partial charge in [-0.3, -0.25) is 23.6 Å². The fraction of sp³-hybridized carbons (Fsp3) is 0.389. The summed E-state index contributed by atoms with van der Waals surface area (Å²) in [7, 11) is 1.70. The summed E-state index contributed by atoms with van der Waals surface area (Å²) >= 11 is 0. The maximum Gasteiger partial charge on any atom is 0.282 e. The summed E-state index contributed by atoms with van der Waals surface area (Å²) in [5.74, 6) is -1.43. The van der Waals surface area contributed by atoms with E-state index in [1.54, 1.807) is 25.6 Å². The average Bonchev–Trinajstić information content (AvgIpc) is 3.41. The van der Waals surface area contributed by atoms with E-state index >= 15 is 0 Å². The molecule has 0 saturated heterocycles. The van der Waals surface area contributed by atoms with Gasteiger partial charge in [0.2, 0.25) is 5.91 Å². The summed E-state index contributed by atoms with van der Waals surface area (Å²) in [5.41, 5.74) is -0.484. The maximum atomic E-state index is 13.1. The molecule has 32 heavy (non-hydrogen) atoms. The quantitative estimate of drug-likeness (QED) is 0.507. The molecule has 0 aliphatic carbocycles. The van der Waals surface area contributed by atoms with Gasteiger partial charge in [0.1, 0.15) is 23.6 Å². The van der Waals surface area contributed by atoms with Crippen molar-refractivity contribution in [2.75, 3.05) is 10.6 Å². The van der Waals surface area contributed by atoms with Crippen molar-refractivity contribution >= 4 is 23.2 Å². The number of nitrogens with one attached hydrogen (secondary N) is 2. The average molecular weight is 456 g/mol. The van der Waals surface area contributed by atoms with Crippen molar-refractivity contribution < 1.29 is 27.2 Å². The van der Waals surface area contributed by atoms with Crippen molar-refractivity contribution in [2.45, 2.75) is 39.8 Å². The number of alkyl halides is 4.